The Hall–Kier alpha value is -1.09. The third kappa shape index (κ3) is 3.32. The van der Waals surface area contributed by atoms with Gasteiger partial charge in [-0.2, -0.15) is 0 Å². The standard InChI is InChI=1S/C17H27N3/c1-13-9-10-14(12-19-13)20-17-8-3-2-6-15(17)16-7-4-5-11-18-16/h9-10,12,15-18,20H,2-8,11H2,1H3. The van der Waals surface area contributed by atoms with Crippen LogP contribution in [-0.4, -0.2) is 23.6 Å². The summed E-state index contributed by atoms with van der Waals surface area (Å²) in [4.78, 5) is 4.40. The third-order valence-corrected chi connectivity index (χ3v) is 4.95. The highest BCUT2D eigenvalue weighted by Crippen LogP contribution is 2.32. The first-order chi connectivity index (χ1) is 9.83. The third-order valence-electron chi connectivity index (χ3n) is 4.95. The van der Waals surface area contributed by atoms with E-state index >= 15 is 0 Å². The zero-order chi connectivity index (χ0) is 13.8. The van der Waals surface area contributed by atoms with Crippen molar-refractivity contribution in [2.24, 2.45) is 5.92 Å². The number of anilines is 1. The molecule has 1 aliphatic heterocycles. The van der Waals surface area contributed by atoms with Crippen molar-refractivity contribution in [2.75, 3.05) is 11.9 Å². The molecule has 1 aromatic heterocycles. The van der Waals surface area contributed by atoms with E-state index in [4.69, 9.17) is 0 Å². The van der Waals surface area contributed by atoms with Gasteiger partial charge in [-0.05, 0) is 57.2 Å². The zero-order valence-corrected chi connectivity index (χ0v) is 12.6. The van der Waals surface area contributed by atoms with Crippen molar-refractivity contribution in [1.82, 2.24) is 10.3 Å². The molecule has 1 saturated heterocycles. The maximum Gasteiger partial charge on any atom is 0.0529 e. The lowest BCUT2D eigenvalue weighted by Gasteiger charge is -2.40. The Balaban J connectivity index is 1.66. The van der Waals surface area contributed by atoms with Crippen LogP contribution in [0, 0.1) is 12.8 Å². The fraction of sp³-hybridized carbons (Fsp3) is 0.706. The lowest BCUT2D eigenvalue weighted by Crippen LogP contribution is -2.48. The lowest BCUT2D eigenvalue weighted by molar-refractivity contribution is 0.217. The summed E-state index contributed by atoms with van der Waals surface area (Å²) >= 11 is 0. The summed E-state index contributed by atoms with van der Waals surface area (Å²) in [6, 6.07) is 5.60. The van der Waals surface area contributed by atoms with Crippen LogP contribution in [0.2, 0.25) is 0 Å². The van der Waals surface area contributed by atoms with E-state index in [1.807, 2.05) is 13.1 Å². The van der Waals surface area contributed by atoms with Gasteiger partial charge >= 0.3 is 0 Å². The molecule has 2 heterocycles. The molecular formula is C17H27N3. The first kappa shape index (κ1) is 13.9. The predicted molar refractivity (Wildman–Crippen MR) is 84.0 cm³/mol. The Labute approximate surface area is 122 Å². The van der Waals surface area contributed by atoms with Crippen molar-refractivity contribution >= 4 is 5.69 Å². The van der Waals surface area contributed by atoms with Crippen LogP contribution < -0.4 is 10.6 Å². The summed E-state index contributed by atoms with van der Waals surface area (Å²) in [5.41, 5.74) is 2.27. The van der Waals surface area contributed by atoms with Crippen LogP contribution >= 0.6 is 0 Å². The van der Waals surface area contributed by atoms with Gasteiger partial charge < -0.3 is 10.6 Å². The molecule has 2 aliphatic rings. The van der Waals surface area contributed by atoms with Gasteiger partial charge in [-0.3, -0.25) is 4.98 Å². The molecule has 3 heteroatoms. The van der Waals surface area contributed by atoms with Gasteiger partial charge in [0.2, 0.25) is 0 Å². The number of pyridine rings is 1. The van der Waals surface area contributed by atoms with E-state index in [0.717, 1.165) is 17.7 Å². The predicted octanol–water partition coefficient (Wildman–Crippen LogP) is 3.50. The average Bonchev–Trinajstić information content (AvgIpc) is 2.51. The van der Waals surface area contributed by atoms with Crippen molar-refractivity contribution in [3.63, 3.8) is 0 Å². The molecule has 3 rings (SSSR count). The Bertz CT molecular complexity index is 409. The summed E-state index contributed by atoms with van der Waals surface area (Å²) in [7, 11) is 0. The maximum atomic E-state index is 4.40. The van der Waals surface area contributed by atoms with Crippen molar-refractivity contribution in [1.29, 1.82) is 0 Å². The van der Waals surface area contributed by atoms with Crippen LogP contribution in [0.15, 0.2) is 18.3 Å². The maximum absolute atomic E-state index is 4.40. The second kappa shape index (κ2) is 6.57. The molecule has 1 aromatic rings. The molecule has 110 valence electrons. The van der Waals surface area contributed by atoms with E-state index in [1.165, 1.54) is 57.2 Å². The average molecular weight is 273 g/mol. The molecule has 2 fully saturated rings. The van der Waals surface area contributed by atoms with Gasteiger partial charge in [0.25, 0.3) is 0 Å². The fourth-order valence-electron chi connectivity index (χ4n) is 3.83. The minimum absolute atomic E-state index is 0.615. The van der Waals surface area contributed by atoms with E-state index in [2.05, 4.69) is 27.8 Å². The van der Waals surface area contributed by atoms with Gasteiger partial charge in [0, 0.05) is 17.8 Å². The quantitative estimate of drug-likeness (QED) is 0.885. The van der Waals surface area contributed by atoms with E-state index in [0.29, 0.717) is 6.04 Å². The van der Waals surface area contributed by atoms with E-state index in [-0.39, 0.29) is 0 Å². The van der Waals surface area contributed by atoms with Gasteiger partial charge in [0.15, 0.2) is 0 Å². The molecule has 1 saturated carbocycles. The summed E-state index contributed by atoms with van der Waals surface area (Å²) in [6.45, 7) is 3.25. The minimum atomic E-state index is 0.615. The number of piperidine rings is 1. The minimum Gasteiger partial charge on any atom is -0.381 e. The van der Waals surface area contributed by atoms with Crippen LogP contribution in [0.1, 0.15) is 50.6 Å². The first-order valence-corrected chi connectivity index (χ1v) is 8.25. The highest BCUT2D eigenvalue weighted by Gasteiger charge is 2.32. The van der Waals surface area contributed by atoms with Gasteiger partial charge in [-0.15, -0.1) is 0 Å². The molecule has 3 unspecified atom stereocenters. The summed E-state index contributed by atoms with van der Waals surface area (Å²) in [5, 5.41) is 7.51. The SMILES string of the molecule is Cc1ccc(NC2CCCCC2C2CCCCN2)cn1. The molecule has 20 heavy (non-hydrogen) atoms. The van der Waals surface area contributed by atoms with Crippen LogP contribution in [0.4, 0.5) is 5.69 Å². The van der Waals surface area contributed by atoms with Crippen LogP contribution in [-0.2, 0) is 0 Å². The van der Waals surface area contributed by atoms with Crippen LogP contribution in [0.3, 0.4) is 0 Å². The van der Waals surface area contributed by atoms with Crippen molar-refractivity contribution in [2.45, 2.75) is 64.0 Å². The Morgan fingerprint density at radius 3 is 2.70 bits per heavy atom. The van der Waals surface area contributed by atoms with Gasteiger partial charge in [-0.1, -0.05) is 19.3 Å². The first-order valence-electron chi connectivity index (χ1n) is 8.25. The monoisotopic (exact) mass is 273 g/mol. The van der Waals surface area contributed by atoms with E-state index < -0.39 is 0 Å². The number of hydrogen-bond donors (Lipinski definition) is 2. The summed E-state index contributed by atoms with van der Waals surface area (Å²) < 4.78 is 0. The van der Waals surface area contributed by atoms with E-state index in [1.54, 1.807) is 0 Å². The summed E-state index contributed by atoms with van der Waals surface area (Å²) in [6.07, 6.45) is 11.5. The highest BCUT2D eigenvalue weighted by molar-refractivity contribution is 5.42. The molecule has 1 aliphatic carbocycles. The van der Waals surface area contributed by atoms with Crippen LogP contribution in [0.5, 0.6) is 0 Å². The molecule has 3 nitrogen and oxygen atoms in total. The van der Waals surface area contributed by atoms with Crippen molar-refractivity contribution in [3.05, 3.63) is 24.0 Å². The largest absolute Gasteiger partial charge is 0.381 e. The van der Waals surface area contributed by atoms with Crippen molar-refractivity contribution in [3.8, 4) is 0 Å². The van der Waals surface area contributed by atoms with E-state index in [9.17, 15) is 0 Å². The molecule has 0 aromatic carbocycles. The normalized spacial score (nSPS) is 30.9. The topological polar surface area (TPSA) is 37.0 Å². The number of rotatable bonds is 3. The number of aromatic nitrogens is 1. The second-order valence-electron chi connectivity index (χ2n) is 6.44. The summed E-state index contributed by atoms with van der Waals surface area (Å²) in [5.74, 6) is 0.783. The number of aryl methyl sites for hydroxylation is 1. The molecule has 0 amide bonds. The highest BCUT2D eigenvalue weighted by atomic mass is 15.0. The fourth-order valence-corrected chi connectivity index (χ4v) is 3.83. The molecule has 2 N–H and O–H groups in total. The number of hydrogen-bond acceptors (Lipinski definition) is 3. The van der Waals surface area contributed by atoms with Gasteiger partial charge in [-0.25, -0.2) is 0 Å². The van der Waals surface area contributed by atoms with Gasteiger partial charge in [0.1, 0.15) is 0 Å². The Morgan fingerprint density at radius 2 is 1.95 bits per heavy atom. The molecular weight excluding hydrogens is 246 g/mol. The zero-order valence-electron chi connectivity index (χ0n) is 12.6. The molecule has 0 bridgehead atoms. The van der Waals surface area contributed by atoms with Crippen LogP contribution in [0.25, 0.3) is 0 Å². The van der Waals surface area contributed by atoms with Gasteiger partial charge in [0.05, 0.1) is 11.9 Å². The molecule has 3 atom stereocenters. The molecule has 0 radical (unpaired) electrons. The Morgan fingerprint density at radius 1 is 1.10 bits per heavy atom. The number of nitrogens with zero attached hydrogens (tertiary/aromatic N) is 1. The second-order valence-corrected chi connectivity index (χ2v) is 6.44. The Kier molecular flexibility index (Phi) is 4.56. The lowest BCUT2D eigenvalue weighted by atomic mass is 9.77. The smallest absolute Gasteiger partial charge is 0.0529 e. The van der Waals surface area contributed by atoms with Crippen molar-refractivity contribution < 1.29 is 0 Å². The number of nitrogens with one attached hydrogen (secondary N) is 2. The molecule has 0 spiro atoms.